The first-order valence-corrected chi connectivity index (χ1v) is 59.8. The maximum absolute atomic E-state index is 13.3. The van der Waals surface area contributed by atoms with Gasteiger partial charge in [-0.25, -0.2) is 28.4 Å². The number of piperazine rings is 1. The smallest absolute Gasteiger partial charge is 0.256 e. The van der Waals surface area contributed by atoms with Crippen LogP contribution in [0.25, 0.3) is 0 Å². The summed E-state index contributed by atoms with van der Waals surface area (Å²) >= 11 is 25.5. The number of aromatic nitrogens is 8. The van der Waals surface area contributed by atoms with Crippen molar-refractivity contribution in [1.82, 2.24) is 49.7 Å². The lowest BCUT2D eigenvalue weighted by Crippen LogP contribution is -2.49. The van der Waals surface area contributed by atoms with Gasteiger partial charge in [-0.2, -0.15) is 19.9 Å². The molecule has 4 aliphatic heterocycles. The molecule has 12 aromatic rings. The number of rotatable bonds is 31. The van der Waals surface area contributed by atoms with E-state index in [9.17, 15) is 36.3 Å². The van der Waals surface area contributed by atoms with E-state index in [1.807, 2.05) is 108 Å². The van der Waals surface area contributed by atoms with Gasteiger partial charge < -0.3 is 114 Å². The minimum Gasteiger partial charge on any atom is -0.495 e. The van der Waals surface area contributed by atoms with Crippen LogP contribution >= 0.6 is 75.0 Å². The number of carbonyl (C=O) groups excluding carboxylic acids is 2. The number of halogens is 4. The minimum atomic E-state index is -3.65. The first-order valence-electron chi connectivity index (χ1n) is 46.4. The number of methoxy groups -OCH3 is 5. The van der Waals surface area contributed by atoms with Crippen molar-refractivity contribution in [3.8, 4) is 23.0 Å². The molecular formula is C100H119Cl4N21O14P4S. The number of hydrogen-bond acceptors (Lipinski definition) is 33. The number of nitrogens with one attached hydrogen (secondary N) is 8. The van der Waals surface area contributed by atoms with Gasteiger partial charge >= 0.3 is 0 Å². The molecule has 8 heterocycles. The maximum atomic E-state index is 13.3. The number of amides is 2. The van der Waals surface area contributed by atoms with Gasteiger partial charge in [-0.3, -0.25) is 9.59 Å². The summed E-state index contributed by atoms with van der Waals surface area (Å²) in [5.74, 6) is 5.46. The third kappa shape index (κ3) is 27.2. The average Bonchev–Trinajstić information content (AvgIpc) is 1.76. The molecule has 3 saturated heterocycles. The number of piperidine rings is 1. The SMILES string of the molecule is COc1cc(N2CCC(OC)CC2)ccc1Nc1ncc(Cl)c(Nc2ccccc2P(C)(C)=O)n1.COc1cc(N2CCN(C(=O)C3CC3)CC2)ccc1Nc1ncc(Cl)c(Nc2ccccc2P(C)(C)=O)n1.COc1cc(P(C)(C)=O)ccc1Nc1ncc(Cl)c(Nc2ccc(N3CCOCC3)cc2S(=O)(=O)C(C)C)n1.COc1cc(P(C)(C)=O)ccc1Nc1ncc(Cl)c(Nc2cccc3c2C(=O)N(C)C3)n1. The fourth-order valence-electron chi connectivity index (χ4n) is 16.2. The van der Waals surface area contributed by atoms with Crippen molar-refractivity contribution in [2.75, 3.05) is 219 Å². The molecule has 4 fully saturated rings. The Balaban J connectivity index is 0.000000153. The molecule has 2 amide bonds. The summed E-state index contributed by atoms with van der Waals surface area (Å²) in [6.45, 7) is 25.0. The zero-order chi connectivity index (χ0) is 103. The largest absolute Gasteiger partial charge is 0.495 e. The van der Waals surface area contributed by atoms with Crippen LogP contribution in [-0.4, -0.2) is 243 Å². The normalized spacial score (nSPS) is 14.5. The highest BCUT2D eigenvalue weighted by Gasteiger charge is 2.36. The van der Waals surface area contributed by atoms with E-state index >= 15 is 0 Å². The van der Waals surface area contributed by atoms with Crippen LogP contribution in [0.1, 0.15) is 55.5 Å². The zero-order valence-electron chi connectivity index (χ0n) is 82.9. The molecule has 8 N–H and O–H groups in total. The van der Waals surface area contributed by atoms with Crippen molar-refractivity contribution in [2.45, 2.75) is 62.3 Å². The van der Waals surface area contributed by atoms with E-state index in [0.29, 0.717) is 168 Å². The van der Waals surface area contributed by atoms with Gasteiger partial charge in [0.1, 0.15) is 71.7 Å². The van der Waals surface area contributed by atoms with E-state index in [2.05, 4.69) is 103 Å². The van der Waals surface area contributed by atoms with Crippen molar-refractivity contribution in [1.29, 1.82) is 0 Å². The molecule has 35 nitrogen and oxygen atoms in total. The Morgan fingerprint density at radius 2 is 0.778 bits per heavy atom. The summed E-state index contributed by atoms with van der Waals surface area (Å²) in [4.78, 5) is 70.7. The molecule has 17 rings (SSSR count). The number of carbonyl (C=O) groups is 2. The standard InChI is InChI=1S/C27H32ClN6O3P.C26H33ClN5O5PS.C25H31ClN5O3P.C22H23ClN5O3P/c1-37-23-16-19(33-12-14-34(15-13-33)26(35)18-8-9-18)10-11-21(23)31-27-29-17-20(28)25(32-27)30-22-6-4-5-7-24(22)38(2,3)36;1-17(2)39(34,35)24-14-18(32-10-12-37-13-11-32)6-8-22(24)29-25-20(27)16-28-26(31-25)30-21-9-7-19(38(4,5)33)15-23(21)36-3;1-33-18-11-13-31(14-12-18)17-9-10-20(22(15-17)34-2)29-25-27-16-19(26)24(30-25)28-21-7-5-6-8-23(21)35(3,4)32;1-28-12-13-6-5-7-17(19(13)21(28)29)25-20-15(23)11-24-22(27-20)26-16-9-8-14(32(3,4)30)10-18(16)31-2/h4-7,10-11,16-18H,8-9,12-15H2,1-3H3,(H2,29,30,31,32);6-9,14-17H,10-13H2,1-5H3,(H2,28,29,30,31);5-10,15-16,18H,11-14H2,1-4H3,(H2,27,28,29,30);5-11H,12H2,1-4H3,(H2,24,25,26,27). The number of hydrogen-bond donors (Lipinski definition) is 8. The molecule has 1 aliphatic carbocycles. The molecule has 0 atom stereocenters. The highest BCUT2D eigenvalue weighted by Crippen LogP contribution is 2.46. The molecule has 1 saturated carbocycles. The van der Waals surface area contributed by atoms with Crippen molar-refractivity contribution >= 4 is 227 Å². The van der Waals surface area contributed by atoms with Gasteiger partial charge in [0.15, 0.2) is 33.1 Å². The quantitative estimate of drug-likeness (QED) is 0.0187. The maximum Gasteiger partial charge on any atom is 0.256 e. The average molecular weight is 2140 g/mol. The van der Waals surface area contributed by atoms with Crippen LogP contribution in [0.3, 0.4) is 0 Å². The van der Waals surface area contributed by atoms with E-state index in [4.69, 9.17) is 74.8 Å². The van der Waals surface area contributed by atoms with Crippen LogP contribution in [0.4, 0.5) is 110 Å². The molecule has 0 spiro atoms. The summed E-state index contributed by atoms with van der Waals surface area (Å²) in [6, 6.07) is 48.3. The number of morpholine rings is 1. The third-order valence-corrected chi connectivity index (χ3v) is 33.8. The van der Waals surface area contributed by atoms with Gasteiger partial charge in [0.05, 0.1) is 134 Å². The summed E-state index contributed by atoms with van der Waals surface area (Å²) < 4.78 is 110. The number of fused-ring (bicyclic) bond motifs is 1. The Labute approximate surface area is 859 Å². The fourth-order valence-corrected chi connectivity index (χ4v) is 22.0. The number of nitrogens with zero attached hydrogens (tertiary/aromatic N) is 13. The Kier molecular flexibility index (Phi) is 35.2. The van der Waals surface area contributed by atoms with Gasteiger partial charge in [-0.15, -0.1) is 0 Å². The minimum absolute atomic E-state index is 0.0550. The number of ether oxygens (including phenoxy) is 6. The van der Waals surface area contributed by atoms with Gasteiger partial charge in [0.25, 0.3) is 5.91 Å². The Morgan fingerprint density at radius 3 is 1.17 bits per heavy atom. The van der Waals surface area contributed by atoms with Gasteiger partial charge in [0, 0.05) is 129 Å². The lowest BCUT2D eigenvalue weighted by Gasteiger charge is -2.36. The highest BCUT2D eigenvalue weighted by molar-refractivity contribution is 7.92. The summed E-state index contributed by atoms with van der Waals surface area (Å²) in [5.41, 5.74) is 9.51. The third-order valence-electron chi connectivity index (χ3n) is 24.3. The first-order chi connectivity index (χ1) is 68.6. The molecule has 0 bridgehead atoms. The number of anilines is 19. The first kappa shape index (κ1) is 108. The molecule has 0 radical (unpaired) electrons. The lowest BCUT2D eigenvalue weighted by molar-refractivity contribution is -0.132. The molecule has 0 unspecified atom stereocenters. The van der Waals surface area contributed by atoms with Gasteiger partial charge in [0.2, 0.25) is 29.7 Å². The monoisotopic (exact) mass is 2130 g/mol. The van der Waals surface area contributed by atoms with Crippen LogP contribution in [-0.2, 0) is 48.9 Å². The summed E-state index contributed by atoms with van der Waals surface area (Å²) in [7, 11) is -3.71. The van der Waals surface area contributed by atoms with E-state index in [0.717, 1.165) is 104 Å². The van der Waals surface area contributed by atoms with Gasteiger partial charge in [-0.05, 0) is 208 Å². The molecule has 762 valence electrons. The van der Waals surface area contributed by atoms with Gasteiger partial charge in [-0.1, -0.05) is 82.8 Å². The zero-order valence-corrected chi connectivity index (χ0v) is 90.3. The lowest BCUT2D eigenvalue weighted by atomic mass is 10.1. The molecular weight excluding hydrogens is 2020 g/mol. The van der Waals surface area contributed by atoms with Crippen molar-refractivity contribution in [2.24, 2.45) is 5.92 Å². The second kappa shape index (κ2) is 47.0. The van der Waals surface area contributed by atoms with E-state index in [1.54, 1.807) is 156 Å². The summed E-state index contributed by atoms with van der Waals surface area (Å²) in [5, 5.41) is 28.8. The van der Waals surface area contributed by atoms with Crippen LogP contribution in [0.2, 0.25) is 20.1 Å². The van der Waals surface area contributed by atoms with Crippen LogP contribution in [0, 0.1) is 5.92 Å². The highest BCUT2D eigenvalue weighted by atomic mass is 35.5. The van der Waals surface area contributed by atoms with E-state index in [-0.39, 0.29) is 39.5 Å². The molecule has 8 aromatic carbocycles. The molecule has 144 heavy (non-hydrogen) atoms. The van der Waals surface area contributed by atoms with Crippen LogP contribution < -0.4 is 97.4 Å². The van der Waals surface area contributed by atoms with E-state index < -0.39 is 43.7 Å². The van der Waals surface area contributed by atoms with E-state index in [1.165, 1.54) is 31.9 Å². The Hall–Kier alpha value is -12.0. The molecule has 5 aliphatic rings. The second-order valence-corrected chi connectivity index (χ2v) is 53.3. The summed E-state index contributed by atoms with van der Waals surface area (Å²) in [6.07, 6.45) is 10.3. The number of para-hydroxylation sites is 2. The topological polar surface area (TPSA) is 407 Å². The van der Waals surface area contributed by atoms with Crippen molar-refractivity contribution < 1.29 is 64.7 Å². The number of benzene rings is 8. The molecule has 4 aromatic heterocycles. The Morgan fingerprint density at radius 1 is 0.417 bits per heavy atom. The number of sulfone groups is 1. The molecule has 44 heteroatoms. The van der Waals surface area contributed by atoms with Crippen molar-refractivity contribution in [3.63, 3.8) is 0 Å². The van der Waals surface area contributed by atoms with Crippen molar-refractivity contribution in [3.05, 3.63) is 214 Å². The van der Waals surface area contributed by atoms with Crippen LogP contribution in [0.15, 0.2) is 187 Å². The Bertz CT molecular complexity index is 7020. The fraction of sp³-hybridized carbons (Fsp3) is 0.340. The predicted molar refractivity (Wildman–Crippen MR) is 583 cm³/mol. The predicted octanol–water partition coefficient (Wildman–Crippen LogP) is 19.8. The second-order valence-electron chi connectivity index (χ2n) is 36.4. The van der Waals surface area contributed by atoms with Crippen LogP contribution in [0.5, 0.6) is 23.0 Å².